The summed E-state index contributed by atoms with van der Waals surface area (Å²) >= 11 is 0. The molecule has 2 rings (SSSR count). The van der Waals surface area contributed by atoms with Crippen LogP contribution >= 0.6 is 0 Å². The van der Waals surface area contributed by atoms with Gasteiger partial charge in [-0.15, -0.1) is 0 Å². The molecule has 0 fully saturated rings. The van der Waals surface area contributed by atoms with Crippen LogP contribution < -0.4 is 5.73 Å². The Hall–Kier alpha value is -2.44. The van der Waals surface area contributed by atoms with E-state index in [9.17, 15) is 14.9 Å². The van der Waals surface area contributed by atoms with Crippen molar-refractivity contribution in [2.24, 2.45) is 5.73 Å². The highest BCUT2D eigenvalue weighted by Crippen LogP contribution is 2.16. The van der Waals surface area contributed by atoms with Gasteiger partial charge in [0.25, 0.3) is 5.91 Å². The van der Waals surface area contributed by atoms with Gasteiger partial charge in [-0.2, -0.15) is 0 Å². The summed E-state index contributed by atoms with van der Waals surface area (Å²) in [5.74, 6) is -0.658. The van der Waals surface area contributed by atoms with E-state index in [0.29, 0.717) is 0 Å². The number of para-hydroxylation sites is 1. The van der Waals surface area contributed by atoms with E-state index >= 15 is 0 Å². The number of nitro groups is 1. The summed E-state index contributed by atoms with van der Waals surface area (Å²) in [5.41, 5.74) is 5.77. The van der Waals surface area contributed by atoms with Crippen LogP contribution in [0, 0.1) is 10.1 Å². The fraction of sp³-hybridized carbons (Fsp3) is 0. The van der Waals surface area contributed by atoms with Gasteiger partial charge in [0.1, 0.15) is 11.0 Å². The number of imidazole rings is 1. The van der Waals surface area contributed by atoms with Gasteiger partial charge in [-0.3, -0.25) is 4.79 Å². The molecule has 0 bridgehead atoms. The second kappa shape index (κ2) is 3.05. The molecule has 0 aliphatic carbocycles. The number of hydrogen-bond acceptors (Lipinski definition) is 4. The lowest BCUT2D eigenvalue weighted by Crippen LogP contribution is -2.12. The lowest BCUT2D eigenvalue weighted by atomic mass is 10.2. The van der Waals surface area contributed by atoms with Crippen LogP contribution in [-0.2, 0) is 0 Å². The summed E-state index contributed by atoms with van der Waals surface area (Å²) < 4.78 is 0.738. The number of nitrogens with two attached hydrogens (primary N) is 1. The molecule has 76 valence electrons. The Morgan fingerprint density at radius 2 is 2.27 bits per heavy atom. The van der Waals surface area contributed by atoms with Crippen LogP contribution in [0.15, 0.2) is 24.5 Å². The van der Waals surface area contributed by atoms with Crippen molar-refractivity contribution < 1.29 is 9.83 Å². The van der Waals surface area contributed by atoms with Crippen molar-refractivity contribution in [1.82, 2.24) is 9.66 Å². The van der Waals surface area contributed by atoms with Crippen molar-refractivity contribution in [3.63, 3.8) is 0 Å². The Kier molecular flexibility index (Phi) is 1.86. The molecule has 0 radical (unpaired) electrons. The largest absolute Gasteiger partial charge is 0.366 e. The Bertz CT molecular complexity index is 560. The molecule has 7 heteroatoms. The van der Waals surface area contributed by atoms with Gasteiger partial charge in [-0.05, 0) is 12.1 Å². The molecule has 15 heavy (non-hydrogen) atoms. The number of fused-ring (bicyclic) bond motifs is 1. The smallest absolute Gasteiger partial charge is 0.250 e. The first kappa shape index (κ1) is 9.13. The number of carbonyl (C=O) groups excluding carboxylic acids is 1. The van der Waals surface area contributed by atoms with Gasteiger partial charge in [0, 0.05) is 0 Å². The van der Waals surface area contributed by atoms with E-state index in [0.717, 1.165) is 11.0 Å². The Morgan fingerprint density at radius 3 is 2.87 bits per heavy atom. The van der Waals surface area contributed by atoms with Crippen molar-refractivity contribution in [1.29, 1.82) is 0 Å². The van der Waals surface area contributed by atoms with Gasteiger partial charge < -0.3 is 5.73 Å². The van der Waals surface area contributed by atoms with Crippen LogP contribution in [0.4, 0.5) is 0 Å². The van der Waals surface area contributed by atoms with Crippen LogP contribution in [0.1, 0.15) is 10.4 Å². The van der Waals surface area contributed by atoms with E-state index in [4.69, 9.17) is 5.73 Å². The van der Waals surface area contributed by atoms with E-state index in [1.165, 1.54) is 18.2 Å². The number of benzene rings is 1. The minimum Gasteiger partial charge on any atom is -0.366 e. The van der Waals surface area contributed by atoms with Crippen molar-refractivity contribution in [3.8, 4) is 0 Å². The Balaban J connectivity index is 2.80. The molecule has 2 N–H and O–H groups in total. The molecule has 1 aromatic carbocycles. The van der Waals surface area contributed by atoms with Crippen molar-refractivity contribution >= 4 is 16.9 Å². The van der Waals surface area contributed by atoms with E-state index in [2.05, 4.69) is 4.98 Å². The van der Waals surface area contributed by atoms with Crippen LogP contribution in [0.5, 0.6) is 0 Å². The normalized spacial score (nSPS) is 10.4. The maximum Gasteiger partial charge on any atom is 0.250 e. The average molecular weight is 206 g/mol. The number of rotatable bonds is 2. The molecule has 7 nitrogen and oxygen atoms in total. The van der Waals surface area contributed by atoms with Gasteiger partial charge >= 0.3 is 0 Å². The number of amides is 1. The highest BCUT2D eigenvalue weighted by Gasteiger charge is 2.15. The predicted molar refractivity (Wildman–Crippen MR) is 50.6 cm³/mol. The molecule has 0 atom stereocenters. The molecule has 0 spiro atoms. The number of hydrogen-bond donors (Lipinski definition) is 1. The quantitative estimate of drug-likeness (QED) is 0.558. The number of nitrogens with zero attached hydrogens (tertiary/aromatic N) is 3. The first-order valence-corrected chi connectivity index (χ1v) is 4.02. The second-order valence-electron chi connectivity index (χ2n) is 2.86. The molecule has 0 saturated carbocycles. The molecule has 0 unspecified atom stereocenters. The van der Waals surface area contributed by atoms with Crippen LogP contribution in [0.3, 0.4) is 0 Å². The van der Waals surface area contributed by atoms with Crippen LogP contribution in [-0.4, -0.2) is 20.6 Å². The highest BCUT2D eigenvalue weighted by molar-refractivity contribution is 6.03. The van der Waals surface area contributed by atoms with Crippen molar-refractivity contribution in [2.75, 3.05) is 0 Å². The summed E-state index contributed by atoms with van der Waals surface area (Å²) in [6, 6.07) is 4.49. The zero-order valence-electron chi connectivity index (χ0n) is 7.45. The molecule has 0 aliphatic rings. The summed E-state index contributed by atoms with van der Waals surface area (Å²) in [7, 11) is 0. The highest BCUT2D eigenvalue weighted by atomic mass is 16.7. The van der Waals surface area contributed by atoms with E-state index in [-0.39, 0.29) is 16.6 Å². The minimum absolute atomic E-state index is 0.174. The maximum absolute atomic E-state index is 11.0. The third-order valence-electron chi connectivity index (χ3n) is 2.00. The average Bonchev–Trinajstić information content (AvgIpc) is 2.59. The molecule has 1 aromatic heterocycles. The van der Waals surface area contributed by atoms with E-state index < -0.39 is 10.9 Å². The summed E-state index contributed by atoms with van der Waals surface area (Å²) in [6.45, 7) is 0. The molecule has 1 amide bonds. The van der Waals surface area contributed by atoms with Gasteiger partial charge in [0.15, 0.2) is 11.4 Å². The van der Waals surface area contributed by atoms with E-state index in [1.54, 1.807) is 0 Å². The monoisotopic (exact) mass is 206 g/mol. The minimum atomic E-state index is -0.658. The first-order valence-electron chi connectivity index (χ1n) is 4.02. The van der Waals surface area contributed by atoms with Gasteiger partial charge in [-0.1, -0.05) is 10.7 Å². The summed E-state index contributed by atoms with van der Waals surface area (Å²) in [4.78, 5) is 25.3. The molecular formula is C8H6N4O3. The Morgan fingerprint density at radius 1 is 1.53 bits per heavy atom. The van der Waals surface area contributed by atoms with Crippen LogP contribution in [0.25, 0.3) is 11.0 Å². The third-order valence-corrected chi connectivity index (χ3v) is 2.00. The third kappa shape index (κ3) is 1.30. The zero-order valence-corrected chi connectivity index (χ0v) is 7.45. The van der Waals surface area contributed by atoms with Crippen molar-refractivity contribution in [3.05, 3.63) is 40.2 Å². The molecular weight excluding hydrogens is 200 g/mol. The number of carbonyl (C=O) groups is 1. The zero-order chi connectivity index (χ0) is 11.0. The van der Waals surface area contributed by atoms with Gasteiger partial charge in [0.05, 0.1) is 5.56 Å². The molecule has 1 heterocycles. The lowest BCUT2D eigenvalue weighted by molar-refractivity contribution is -0.538. The molecule has 0 aliphatic heterocycles. The van der Waals surface area contributed by atoms with E-state index in [1.807, 2.05) is 0 Å². The lowest BCUT2D eigenvalue weighted by Gasteiger charge is -1.96. The number of primary amides is 1. The van der Waals surface area contributed by atoms with Crippen LogP contribution in [0.2, 0.25) is 0 Å². The molecule has 0 saturated heterocycles. The first-order chi connectivity index (χ1) is 7.11. The maximum atomic E-state index is 11.0. The van der Waals surface area contributed by atoms with Gasteiger partial charge in [-0.25, -0.2) is 15.1 Å². The predicted octanol–water partition coefficient (Wildman–Crippen LogP) is 0.175. The molecule has 2 aromatic rings. The number of aromatic nitrogens is 2. The van der Waals surface area contributed by atoms with Crippen molar-refractivity contribution in [2.45, 2.75) is 0 Å². The SMILES string of the molecule is NC(=O)c1cccc2c1ncn2[N+](=O)[O-]. The summed E-state index contributed by atoms with van der Waals surface area (Å²) in [6.07, 6.45) is 1.04. The fourth-order valence-corrected chi connectivity index (χ4v) is 1.36. The Labute approximate surface area is 83.2 Å². The summed E-state index contributed by atoms with van der Waals surface area (Å²) in [5, 5.41) is 9.94. The fourth-order valence-electron chi connectivity index (χ4n) is 1.36. The second-order valence-corrected chi connectivity index (χ2v) is 2.86. The topological polar surface area (TPSA) is 104 Å². The van der Waals surface area contributed by atoms with Gasteiger partial charge in [0.2, 0.25) is 0 Å². The standard InChI is InChI=1S/C8H6N4O3/c9-8(13)5-2-1-3-6-7(5)10-4-11(6)12(14)15/h1-4H,(H2,9,13).